The summed E-state index contributed by atoms with van der Waals surface area (Å²) in [6.45, 7) is 6.02. The smallest absolute Gasteiger partial charge is 0.0158 e. The zero-order valence-electron chi connectivity index (χ0n) is 6.71. The average Bonchev–Trinajstić information content (AvgIpc) is 2.07. The first-order valence-electron chi connectivity index (χ1n) is 3.61. The van der Waals surface area contributed by atoms with Crippen molar-refractivity contribution in [1.29, 1.82) is 0 Å². The highest BCUT2D eigenvalue weighted by Gasteiger charge is 1.92. The maximum atomic E-state index is 3.94. The lowest BCUT2D eigenvalue weighted by atomic mass is 10.1. The first-order valence-corrected chi connectivity index (χ1v) is 4.66. The van der Waals surface area contributed by atoms with E-state index in [0.29, 0.717) is 0 Å². The molecule has 0 spiro atoms. The van der Waals surface area contributed by atoms with Crippen molar-refractivity contribution in [1.82, 2.24) is 0 Å². The average molecular weight is 164 g/mol. The van der Waals surface area contributed by atoms with Crippen molar-refractivity contribution < 1.29 is 0 Å². The van der Waals surface area contributed by atoms with E-state index in [2.05, 4.69) is 31.1 Å². The SMILES string of the molecule is C=C1/C=C\C=C/CS/C=C\1C. The van der Waals surface area contributed by atoms with Crippen LogP contribution in [0.25, 0.3) is 0 Å². The van der Waals surface area contributed by atoms with Crippen LogP contribution < -0.4 is 0 Å². The van der Waals surface area contributed by atoms with Gasteiger partial charge >= 0.3 is 0 Å². The molecule has 1 heteroatoms. The summed E-state index contributed by atoms with van der Waals surface area (Å²) in [7, 11) is 0. The minimum absolute atomic E-state index is 1.05. The number of rotatable bonds is 0. The lowest BCUT2D eigenvalue weighted by Crippen LogP contribution is -1.75. The van der Waals surface area contributed by atoms with Crippen LogP contribution in [0, 0.1) is 0 Å². The van der Waals surface area contributed by atoms with E-state index in [1.807, 2.05) is 12.2 Å². The topological polar surface area (TPSA) is 0 Å². The third-order valence-electron chi connectivity index (χ3n) is 1.50. The van der Waals surface area contributed by atoms with E-state index in [0.717, 1.165) is 11.3 Å². The molecule has 1 aliphatic rings. The largest absolute Gasteiger partial charge is 0.130 e. The van der Waals surface area contributed by atoms with Gasteiger partial charge in [0, 0.05) is 5.75 Å². The predicted molar refractivity (Wildman–Crippen MR) is 53.6 cm³/mol. The summed E-state index contributed by atoms with van der Waals surface area (Å²) in [6.07, 6.45) is 8.27. The molecule has 0 unspecified atom stereocenters. The molecule has 0 fully saturated rings. The fourth-order valence-corrected chi connectivity index (χ4v) is 1.46. The Morgan fingerprint density at radius 3 is 3.09 bits per heavy atom. The van der Waals surface area contributed by atoms with Gasteiger partial charge in [0.05, 0.1) is 0 Å². The fraction of sp³-hybridized carbons (Fsp3) is 0.200. The van der Waals surface area contributed by atoms with E-state index >= 15 is 0 Å². The Morgan fingerprint density at radius 1 is 1.45 bits per heavy atom. The van der Waals surface area contributed by atoms with Crippen LogP contribution in [0.15, 0.2) is 47.4 Å². The molecule has 0 N–H and O–H groups in total. The molecule has 0 nitrogen and oxygen atoms in total. The van der Waals surface area contributed by atoms with Gasteiger partial charge in [-0.1, -0.05) is 30.9 Å². The van der Waals surface area contributed by atoms with Gasteiger partial charge in [0.25, 0.3) is 0 Å². The lowest BCUT2D eigenvalue weighted by molar-refractivity contribution is 1.47. The van der Waals surface area contributed by atoms with Crippen molar-refractivity contribution in [2.75, 3.05) is 5.75 Å². The summed E-state index contributed by atoms with van der Waals surface area (Å²) >= 11 is 1.80. The normalized spacial score (nSPS) is 29.2. The van der Waals surface area contributed by atoms with Gasteiger partial charge in [-0.25, -0.2) is 0 Å². The number of hydrogen-bond donors (Lipinski definition) is 0. The van der Waals surface area contributed by atoms with Gasteiger partial charge in [-0.05, 0) is 23.5 Å². The second-order valence-corrected chi connectivity index (χ2v) is 3.35. The highest BCUT2D eigenvalue weighted by Crippen LogP contribution is 2.15. The van der Waals surface area contributed by atoms with Crippen molar-refractivity contribution in [2.24, 2.45) is 0 Å². The first-order chi connectivity index (χ1) is 5.30. The van der Waals surface area contributed by atoms with Crippen LogP contribution in [0.5, 0.6) is 0 Å². The first kappa shape index (κ1) is 8.41. The third-order valence-corrected chi connectivity index (χ3v) is 2.41. The lowest BCUT2D eigenvalue weighted by Gasteiger charge is -1.97. The maximum absolute atomic E-state index is 3.94. The standard InChI is InChI=1S/C10H12S/c1-9-6-4-3-5-7-11-8-10(9)2/h3-6,8H,1,7H2,2H3/b5-3-,6-4-,10-8-. The van der Waals surface area contributed by atoms with Crippen molar-refractivity contribution in [2.45, 2.75) is 6.92 Å². The summed E-state index contributed by atoms with van der Waals surface area (Å²) in [6, 6.07) is 0. The number of allylic oxidation sites excluding steroid dienone is 5. The molecule has 0 atom stereocenters. The van der Waals surface area contributed by atoms with Crippen molar-refractivity contribution >= 4 is 11.8 Å². The molecule has 0 saturated carbocycles. The van der Waals surface area contributed by atoms with E-state index in [1.165, 1.54) is 5.57 Å². The summed E-state index contributed by atoms with van der Waals surface area (Å²) < 4.78 is 0. The Bertz CT molecular complexity index is 231. The zero-order chi connectivity index (χ0) is 8.10. The van der Waals surface area contributed by atoms with Gasteiger partial charge in [0.1, 0.15) is 0 Å². The summed E-state index contributed by atoms with van der Waals surface area (Å²) in [4.78, 5) is 0. The molecule has 0 aromatic rings. The van der Waals surface area contributed by atoms with Gasteiger partial charge in [-0.3, -0.25) is 0 Å². The van der Waals surface area contributed by atoms with E-state index in [4.69, 9.17) is 0 Å². The monoisotopic (exact) mass is 164 g/mol. The van der Waals surface area contributed by atoms with Crippen molar-refractivity contribution in [3.8, 4) is 0 Å². The molecule has 0 amide bonds. The highest BCUT2D eigenvalue weighted by molar-refractivity contribution is 8.02. The summed E-state index contributed by atoms with van der Waals surface area (Å²) in [5, 5.41) is 2.16. The van der Waals surface area contributed by atoms with Crippen molar-refractivity contribution in [3.63, 3.8) is 0 Å². The molecular weight excluding hydrogens is 152 g/mol. The summed E-state index contributed by atoms with van der Waals surface area (Å²) in [5.41, 5.74) is 2.36. The molecule has 1 aliphatic heterocycles. The second kappa shape index (κ2) is 4.24. The molecule has 0 radical (unpaired) electrons. The highest BCUT2D eigenvalue weighted by atomic mass is 32.2. The molecule has 1 rings (SSSR count). The van der Waals surface area contributed by atoms with Crippen LogP contribution in [-0.2, 0) is 0 Å². The molecular formula is C10H12S. The Labute approximate surface area is 72.4 Å². The molecule has 0 saturated heterocycles. The Balaban J connectivity index is 2.77. The minimum atomic E-state index is 1.05. The predicted octanol–water partition coefficient (Wildman–Crippen LogP) is 3.31. The minimum Gasteiger partial charge on any atom is -0.130 e. The van der Waals surface area contributed by atoms with Gasteiger partial charge in [0.2, 0.25) is 0 Å². The third kappa shape index (κ3) is 2.81. The van der Waals surface area contributed by atoms with Gasteiger partial charge in [-0.15, -0.1) is 11.8 Å². The van der Waals surface area contributed by atoms with E-state index in [9.17, 15) is 0 Å². The molecule has 11 heavy (non-hydrogen) atoms. The molecule has 0 aliphatic carbocycles. The van der Waals surface area contributed by atoms with E-state index < -0.39 is 0 Å². The molecule has 0 bridgehead atoms. The Morgan fingerprint density at radius 2 is 2.27 bits per heavy atom. The van der Waals surface area contributed by atoms with Gasteiger partial charge < -0.3 is 0 Å². The van der Waals surface area contributed by atoms with Crippen LogP contribution in [0.3, 0.4) is 0 Å². The van der Waals surface area contributed by atoms with Crippen LogP contribution in [0.1, 0.15) is 6.92 Å². The van der Waals surface area contributed by atoms with Crippen LogP contribution >= 0.6 is 11.8 Å². The number of thioether (sulfide) groups is 1. The quantitative estimate of drug-likeness (QED) is 0.529. The van der Waals surface area contributed by atoms with E-state index in [-0.39, 0.29) is 0 Å². The van der Waals surface area contributed by atoms with Crippen molar-refractivity contribution in [3.05, 3.63) is 47.4 Å². The van der Waals surface area contributed by atoms with Gasteiger partial charge in [-0.2, -0.15) is 0 Å². The molecule has 1 heterocycles. The maximum Gasteiger partial charge on any atom is 0.0158 e. The zero-order valence-corrected chi connectivity index (χ0v) is 7.53. The summed E-state index contributed by atoms with van der Waals surface area (Å²) in [5.74, 6) is 1.05. The second-order valence-electron chi connectivity index (χ2n) is 2.45. The fourth-order valence-electron chi connectivity index (χ4n) is 0.742. The number of hydrogen-bond acceptors (Lipinski definition) is 1. The molecule has 0 aromatic heterocycles. The molecule has 0 aromatic carbocycles. The van der Waals surface area contributed by atoms with E-state index in [1.54, 1.807) is 11.8 Å². The van der Waals surface area contributed by atoms with Crippen LogP contribution in [0.2, 0.25) is 0 Å². The molecule has 58 valence electrons. The van der Waals surface area contributed by atoms with Gasteiger partial charge in [0.15, 0.2) is 0 Å². The van der Waals surface area contributed by atoms with Crippen LogP contribution in [-0.4, -0.2) is 5.75 Å². The Hall–Kier alpha value is -0.690. The van der Waals surface area contributed by atoms with Crippen LogP contribution in [0.4, 0.5) is 0 Å². The Kier molecular flexibility index (Phi) is 3.24.